The number of aromatic nitrogens is 4. The molecule has 6 heteroatoms. The molecule has 0 aliphatic heterocycles. The summed E-state index contributed by atoms with van der Waals surface area (Å²) < 4.78 is 1.77. The van der Waals surface area contributed by atoms with Crippen LogP contribution >= 0.6 is 0 Å². The number of imidazole rings is 1. The molecule has 3 rings (SSSR count). The fourth-order valence-corrected chi connectivity index (χ4v) is 2.19. The first-order valence-electron chi connectivity index (χ1n) is 7.40. The lowest BCUT2D eigenvalue weighted by atomic mass is 10.1. The van der Waals surface area contributed by atoms with Gasteiger partial charge < -0.3 is 5.32 Å². The molecule has 0 radical (unpaired) electrons. The van der Waals surface area contributed by atoms with Gasteiger partial charge in [0, 0.05) is 18.0 Å². The molecule has 6 nitrogen and oxygen atoms in total. The van der Waals surface area contributed by atoms with E-state index in [0.29, 0.717) is 17.2 Å². The molecule has 2 heterocycles. The lowest BCUT2D eigenvalue weighted by Crippen LogP contribution is -2.13. The summed E-state index contributed by atoms with van der Waals surface area (Å²) in [5, 5.41) is 2.79. The third-order valence-corrected chi connectivity index (χ3v) is 3.56. The summed E-state index contributed by atoms with van der Waals surface area (Å²) in [4.78, 5) is 24.8. The highest BCUT2D eigenvalue weighted by Gasteiger charge is 2.08. The lowest BCUT2D eigenvalue weighted by molar-refractivity contribution is 0.102. The van der Waals surface area contributed by atoms with Gasteiger partial charge in [0.2, 0.25) is 5.95 Å². The van der Waals surface area contributed by atoms with Crippen LogP contribution in [-0.2, 0) is 6.42 Å². The van der Waals surface area contributed by atoms with E-state index in [0.717, 1.165) is 12.2 Å². The molecule has 116 valence electrons. The zero-order chi connectivity index (χ0) is 16.2. The fraction of sp³-hybridized carbons (Fsp3) is 0.176. The van der Waals surface area contributed by atoms with Crippen LogP contribution in [0.2, 0.25) is 0 Å². The number of nitrogens with zero attached hydrogens (tertiary/aromatic N) is 4. The van der Waals surface area contributed by atoms with Crippen LogP contribution in [0.5, 0.6) is 0 Å². The minimum absolute atomic E-state index is 0.178. The van der Waals surface area contributed by atoms with Crippen LogP contribution in [-0.4, -0.2) is 25.4 Å². The Balaban J connectivity index is 1.72. The summed E-state index contributed by atoms with van der Waals surface area (Å²) >= 11 is 0. The molecule has 0 aliphatic rings. The van der Waals surface area contributed by atoms with Gasteiger partial charge in [-0.3, -0.25) is 9.36 Å². The first kappa shape index (κ1) is 14.9. The van der Waals surface area contributed by atoms with Crippen LogP contribution in [0.15, 0.2) is 49.1 Å². The van der Waals surface area contributed by atoms with E-state index in [-0.39, 0.29) is 5.91 Å². The van der Waals surface area contributed by atoms with Gasteiger partial charge in [-0.05, 0) is 31.0 Å². The summed E-state index contributed by atoms with van der Waals surface area (Å²) in [6, 6.07) is 7.54. The van der Waals surface area contributed by atoms with Gasteiger partial charge in [0.15, 0.2) is 0 Å². The standard InChI is InChI=1S/C17H17N5O/c1-3-13-4-6-14(7-5-13)16(23)21-15-10-19-17(20-11-15)22-9-8-18-12(22)2/h4-11H,3H2,1-2H3,(H,21,23). The van der Waals surface area contributed by atoms with Crippen LogP contribution in [0.4, 0.5) is 5.69 Å². The third-order valence-electron chi connectivity index (χ3n) is 3.56. The molecule has 0 atom stereocenters. The maximum absolute atomic E-state index is 12.2. The van der Waals surface area contributed by atoms with Gasteiger partial charge in [0.25, 0.3) is 5.91 Å². The molecule has 1 amide bonds. The Morgan fingerprint density at radius 1 is 1.13 bits per heavy atom. The topological polar surface area (TPSA) is 72.7 Å². The second kappa shape index (κ2) is 6.39. The Labute approximate surface area is 134 Å². The highest BCUT2D eigenvalue weighted by Crippen LogP contribution is 2.11. The minimum atomic E-state index is -0.178. The number of carbonyl (C=O) groups excluding carboxylic acids is 1. The molecule has 0 aliphatic carbocycles. The first-order chi connectivity index (χ1) is 11.2. The van der Waals surface area contributed by atoms with Crippen LogP contribution in [0.3, 0.4) is 0 Å². The number of aryl methyl sites for hydroxylation is 2. The number of carbonyl (C=O) groups is 1. The van der Waals surface area contributed by atoms with Gasteiger partial charge in [-0.25, -0.2) is 15.0 Å². The van der Waals surface area contributed by atoms with Crippen LogP contribution in [0.1, 0.15) is 28.7 Å². The number of anilines is 1. The van der Waals surface area contributed by atoms with Crippen molar-refractivity contribution in [2.24, 2.45) is 0 Å². The van der Waals surface area contributed by atoms with E-state index < -0.39 is 0 Å². The summed E-state index contributed by atoms with van der Waals surface area (Å²) in [7, 11) is 0. The van der Waals surface area contributed by atoms with Gasteiger partial charge in [-0.2, -0.15) is 0 Å². The lowest BCUT2D eigenvalue weighted by Gasteiger charge is -2.07. The van der Waals surface area contributed by atoms with Crippen molar-refractivity contribution in [3.8, 4) is 5.95 Å². The van der Waals surface area contributed by atoms with Gasteiger partial charge >= 0.3 is 0 Å². The van der Waals surface area contributed by atoms with Crippen molar-refractivity contribution in [1.29, 1.82) is 0 Å². The number of amides is 1. The molecule has 2 aromatic heterocycles. The summed E-state index contributed by atoms with van der Waals surface area (Å²) in [6.45, 7) is 3.95. The van der Waals surface area contributed by atoms with Crippen LogP contribution in [0, 0.1) is 6.92 Å². The Hall–Kier alpha value is -3.02. The van der Waals surface area contributed by atoms with Gasteiger partial charge in [0.1, 0.15) is 5.82 Å². The third kappa shape index (κ3) is 3.26. The van der Waals surface area contributed by atoms with Crippen molar-refractivity contribution in [2.75, 3.05) is 5.32 Å². The maximum Gasteiger partial charge on any atom is 0.255 e. The van der Waals surface area contributed by atoms with Crippen molar-refractivity contribution in [3.63, 3.8) is 0 Å². The Morgan fingerprint density at radius 2 is 1.83 bits per heavy atom. The smallest absolute Gasteiger partial charge is 0.255 e. The number of hydrogen-bond acceptors (Lipinski definition) is 4. The SMILES string of the molecule is CCc1ccc(C(=O)Nc2cnc(-n3ccnc3C)nc2)cc1. The summed E-state index contributed by atoms with van der Waals surface area (Å²) in [5.41, 5.74) is 2.36. The number of rotatable bonds is 4. The second-order valence-corrected chi connectivity index (χ2v) is 5.12. The molecule has 23 heavy (non-hydrogen) atoms. The summed E-state index contributed by atoms with van der Waals surface area (Å²) in [6.07, 6.45) is 7.59. The molecule has 0 spiro atoms. The van der Waals surface area contributed by atoms with Crippen molar-refractivity contribution in [3.05, 3.63) is 66.0 Å². The molecule has 0 bridgehead atoms. The zero-order valence-electron chi connectivity index (χ0n) is 13.0. The highest BCUT2D eigenvalue weighted by atomic mass is 16.1. The average molecular weight is 307 g/mol. The quantitative estimate of drug-likeness (QED) is 0.804. The highest BCUT2D eigenvalue weighted by molar-refractivity contribution is 6.04. The molecule has 1 N–H and O–H groups in total. The zero-order valence-corrected chi connectivity index (χ0v) is 13.0. The molecule has 0 saturated heterocycles. The predicted octanol–water partition coefficient (Wildman–Crippen LogP) is 2.79. The van der Waals surface area contributed by atoms with E-state index in [9.17, 15) is 4.79 Å². The Kier molecular flexibility index (Phi) is 4.14. The molecular formula is C17H17N5O. The summed E-state index contributed by atoms with van der Waals surface area (Å²) in [5.74, 6) is 1.14. The Morgan fingerprint density at radius 3 is 2.39 bits per heavy atom. The van der Waals surface area contributed by atoms with Crippen molar-refractivity contribution in [1.82, 2.24) is 19.5 Å². The molecule has 1 aromatic carbocycles. The first-order valence-corrected chi connectivity index (χ1v) is 7.40. The molecule has 3 aromatic rings. The molecule has 0 saturated carbocycles. The minimum Gasteiger partial charge on any atom is -0.319 e. The number of benzene rings is 1. The molecule has 0 fully saturated rings. The normalized spacial score (nSPS) is 10.5. The van der Waals surface area contributed by atoms with Gasteiger partial charge in [-0.1, -0.05) is 19.1 Å². The largest absolute Gasteiger partial charge is 0.319 e. The van der Waals surface area contributed by atoms with E-state index in [1.165, 1.54) is 5.56 Å². The van der Waals surface area contributed by atoms with Crippen LogP contribution < -0.4 is 5.32 Å². The molecular weight excluding hydrogens is 290 g/mol. The average Bonchev–Trinajstić information content (AvgIpc) is 3.01. The Bertz CT molecular complexity index is 806. The van der Waals surface area contributed by atoms with E-state index in [4.69, 9.17) is 0 Å². The van der Waals surface area contributed by atoms with Crippen molar-refractivity contribution >= 4 is 11.6 Å². The van der Waals surface area contributed by atoms with Crippen LogP contribution in [0.25, 0.3) is 5.95 Å². The predicted molar refractivity (Wildman–Crippen MR) is 87.7 cm³/mol. The monoisotopic (exact) mass is 307 g/mol. The van der Waals surface area contributed by atoms with Gasteiger partial charge in [-0.15, -0.1) is 0 Å². The second-order valence-electron chi connectivity index (χ2n) is 5.12. The van der Waals surface area contributed by atoms with Gasteiger partial charge in [0.05, 0.1) is 18.1 Å². The van der Waals surface area contributed by atoms with E-state index in [2.05, 4.69) is 27.2 Å². The molecule has 0 unspecified atom stereocenters. The maximum atomic E-state index is 12.2. The number of hydrogen-bond donors (Lipinski definition) is 1. The van der Waals surface area contributed by atoms with E-state index in [1.54, 1.807) is 29.4 Å². The fourth-order valence-electron chi connectivity index (χ4n) is 2.19. The van der Waals surface area contributed by atoms with E-state index in [1.807, 2.05) is 31.2 Å². The van der Waals surface area contributed by atoms with Crippen molar-refractivity contribution in [2.45, 2.75) is 20.3 Å². The number of nitrogens with one attached hydrogen (secondary N) is 1. The van der Waals surface area contributed by atoms with Crippen molar-refractivity contribution < 1.29 is 4.79 Å². The van der Waals surface area contributed by atoms with E-state index >= 15 is 0 Å².